The van der Waals surface area contributed by atoms with Crippen LogP contribution in [0.15, 0.2) is 48.5 Å². The summed E-state index contributed by atoms with van der Waals surface area (Å²) in [6.07, 6.45) is 4.09. The van der Waals surface area contributed by atoms with Gasteiger partial charge in [0.1, 0.15) is 0 Å². The molecule has 1 aliphatic rings. The van der Waals surface area contributed by atoms with Crippen LogP contribution in [0.5, 0.6) is 0 Å². The normalized spacial score (nSPS) is 16.5. The van der Waals surface area contributed by atoms with Gasteiger partial charge < -0.3 is 5.32 Å². The van der Waals surface area contributed by atoms with Crippen LogP contribution in [0.4, 0.5) is 0 Å². The Morgan fingerprint density at radius 3 is 2.38 bits per heavy atom. The molecule has 0 amide bonds. The summed E-state index contributed by atoms with van der Waals surface area (Å²) in [5, 5.41) is 3.47. The van der Waals surface area contributed by atoms with Gasteiger partial charge in [-0.05, 0) is 54.5 Å². The van der Waals surface area contributed by atoms with Crippen molar-refractivity contribution in [2.24, 2.45) is 0 Å². The van der Waals surface area contributed by atoms with Gasteiger partial charge in [-0.2, -0.15) is 0 Å². The first-order valence-corrected chi connectivity index (χ1v) is 8.22. The molecule has 1 saturated carbocycles. The first-order chi connectivity index (χ1) is 10.3. The fourth-order valence-electron chi connectivity index (χ4n) is 3.21. The van der Waals surface area contributed by atoms with E-state index < -0.39 is 0 Å². The van der Waals surface area contributed by atoms with Crippen molar-refractivity contribution in [2.75, 3.05) is 6.54 Å². The zero-order chi connectivity index (χ0) is 14.7. The molecule has 1 nitrogen and oxygen atoms in total. The molecule has 0 bridgehead atoms. The topological polar surface area (TPSA) is 12.0 Å². The van der Waals surface area contributed by atoms with Gasteiger partial charge in [0.05, 0.1) is 0 Å². The van der Waals surface area contributed by atoms with Crippen LogP contribution >= 0.6 is 0 Å². The standard InChI is InChI=1S/C20H25N/c1-3-21-15(2)16-11-13-18(14-12-16)20-10-5-4-9-19(20)17-7-6-8-17/h4-5,9-15,17,21H,3,6-8H2,1-2H3. The molecule has 2 aromatic rings. The minimum absolute atomic E-state index is 0.422. The van der Waals surface area contributed by atoms with E-state index in [4.69, 9.17) is 0 Å². The second kappa shape index (κ2) is 6.44. The predicted molar refractivity (Wildman–Crippen MR) is 90.6 cm³/mol. The summed E-state index contributed by atoms with van der Waals surface area (Å²) in [6.45, 7) is 5.38. The molecule has 3 rings (SSSR count). The summed E-state index contributed by atoms with van der Waals surface area (Å²) in [5.74, 6) is 0.779. The molecular formula is C20H25N. The van der Waals surface area contributed by atoms with Crippen LogP contribution in [0.2, 0.25) is 0 Å². The maximum Gasteiger partial charge on any atom is 0.0291 e. The van der Waals surface area contributed by atoms with Crippen LogP contribution in [0.25, 0.3) is 11.1 Å². The van der Waals surface area contributed by atoms with E-state index in [9.17, 15) is 0 Å². The zero-order valence-electron chi connectivity index (χ0n) is 13.1. The molecule has 1 fully saturated rings. The highest BCUT2D eigenvalue weighted by molar-refractivity contribution is 5.68. The zero-order valence-corrected chi connectivity index (χ0v) is 13.1. The molecule has 0 aliphatic heterocycles. The van der Waals surface area contributed by atoms with Gasteiger partial charge in [-0.25, -0.2) is 0 Å². The average molecular weight is 279 g/mol. The third kappa shape index (κ3) is 3.03. The molecule has 110 valence electrons. The number of rotatable bonds is 5. The second-order valence-electron chi connectivity index (χ2n) is 6.12. The van der Waals surface area contributed by atoms with Crippen LogP contribution in [-0.4, -0.2) is 6.54 Å². The lowest BCUT2D eigenvalue weighted by Crippen LogP contribution is -2.17. The Kier molecular flexibility index (Phi) is 4.40. The number of nitrogens with one attached hydrogen (secondary N) is 1. The van der Waals surface area contributed by atoms with Crippen molar-refractivity contribution >= 4 is 0 Å². The Morgan fingerprint density at radius 1 is 1.05 bits per heavy atom. The lowest BCUT2D eigenvalue weighted by atomic mass is 9.77. The second-order valence-corrected chi connectivity index (χ2v) is 6.12. The van der Waals surface area contributed by atoms with Crippen molar-refractivity contribution < 1.29 is 0 Å². The highest BCUT2D eigenvalue weighted by atomic mass is 14.9. The quantitative estimate of drug-likeness (QED) is 0.784. The van der Waals surface area contributed by atoms with Gasteiger partial charge in [0, 0.05) is 6.04 Å². The van der Waals surface area contributed by atoms with Crippen molar-refractivity contribution in [1.29, 1.82) is 0 Å². The van der Waals surface area contributed by atoms with Gasteiger partial charge in [0.25, 0.3) is 0 Å². The van der Waals surface area contributed by atoms with Crippen LogP contribution in [0.1, 0.15) is 56.2 Å². The summed E-state index contributed by atoms with van der Waals surface area (Å²) in [5.41, 5.74) is 5.67. The molecule has 1 unspecified atom stereocenters. The van der Waals surface area contributed by atoms with Crippen molar-refractivity contribution in [3.63, 3.8) is 0 Å². The minimum atomic E-state index is 0.422. The summed E-state index contributed by atoms with van der Waals surface area (Å²) >= 11 is 0. The Balaban J connectivity index is 1.87. The molecule has 21 heavy (non-hydrogen) atoms. The third-order valence-electron chi connectivity index (χ3n) is 4.74. The third-order valence-corrected chi connectivity index (χ3v) is 4.74. The van der Waals surface area contributed by atoms with E-state index in [0.717, 1.165) is 12.5 Å². The van der Waals surface area contributed by atoms with Crippen LogP contribution in [0, 0.1) is 0 Å². The SMILES string of the molecule is CCNC(C)c1ccc(-c2ccccc2C2CCC2)cc1. The lowest BCUT2D eigenvalue weighted by molar-refractivity contribution is 0.420. The molecule has 0 saturated heterocycles. The summed E-state index contributed by atoms with van der Waals surface area (Å²) in [6, 6.07) is 18.4. The smallest absolute Gasteiger partial charge is 0.0291 e. The molecule has 0 heterocycles. The number of hydrogen-bond donors (Lipinski definition) is 1. The first kappa shape index (κ1) is 14.3. The average Bonchev–Trinajstić information content (AvgIpc) is 2.47. The molecule has 2 aromatic carbocycles. The first-order valence-electron chi connectivity index (χ1n) is 8.22. The summed E-state index contributed by atoms with van der Waals surface area (Å²) in [4.78, 5) is 0. The van der Waals surface area contributed by atoms with E-state index in [-0.39, 0.29) is 0 Å². The largest absolute Gasteiger partial charge is 0.310 e. The molecule has 0 radical (unpaired) electrons. The van der Waals surface area contributed by atoms with Crippen LogP contribution in [0.3, 0.4) is 0 Å². The maximum absolute atomic E-state index is 3.47. The molecule has 1 atom stereocenters. The van der Waals surface area contributed by atoms with Crippen molar-refractivity contribution in [1.82, 2.24) is 5.32 Å². The van der Waals surface area contributed by atoms with E-state index in [0.29, 0.717) is 6.04 Å². The maximum atomic E-state index is 3.47. The number of hydrogen-bond acceptors (Lipinski definition) is 1. The fourth-order valence-corrected chi connectivity index (χ4v) is 3.21. The van der Waals surface area contributed by atoms with E-state index in [2.05, 4.69) is 67.7 Å². The van der Waals surface area contributed by atoms with Gasteiger partial charge in [-0.1, -0.05) is 61.9 Å². The van der Waals surface area contributed by atoms with Crippen molar-refractivity contribution in [3.8, 4) is 11.1 Å². The van der Waals surface area contributed by atoms with E-state index in [1.807, 2.05) is 0 Å². The van der Waals surface area contributed by atoms with Gasteiger partial charge in [-0.3, -0.25) is 0 Å². The Bertz CT molecular complexity index is 581. The monoisotopic (exact) mass is 279 g/mol. The summed E-state index contributed by atoms with van der Waals surface area (Å²) < 4.78 is 0. The molecule has 1 aliphatic carbocycles. The molecule has 0 aromatic heterocycles. The predicted octanol–water partition coefficient (Wildman–Crippen LogP) is 5.29. The van der Waals surface area contributed by atoms with E-state index in [1.54, 1.807) is 0 Å². The van der Waals surface area contributed by atoms with Gasteiger partial charge in [0.2, 0.25) is 0 Å². The summed E-state index contributed by atoms with van der Waals surface area (Å²) in [7, 11) is 0. The lowest BCUT2D eigenvalue weighted by Gasteiger charge is -2.28. The molecular weight excluding hydrogens is 254 g/mol. The molecule has 1 heteroatoms. The fraction of sp³-hybridized carbons (Fsp3) is 0.400. The van der Waals surface area contributed by atoms with Crippen molar-refractivity contribution in [2.45, 2.75) is 45.1 Å². The highest BCUT2D eigenvalue weighted by Crippen LogP contribution is 2.41. The van der Waals surface area contributed by atoms with E-state index >= 15 is 0 Å². The van der Waals surface area contributed by atoms with E-state index in [1.165, 1.54) is 41.5 Å². The van der Waals surface area contributed by atoms with Crippen LogP contribution in [-0.2, 0) is 0 Å². The Hall–Kier alpha value is -1.60. The van der Waals surface area contributed by atoms with Gasteiger partial charge in [-0.15, -0.1) is 0 Å². The van der Waals surface area contributed by atoms with Crippen LogP contribution < -0.4 is 5.32 Å². The van der Waals surface area contributed by atoms with Gasteiger partial charge >= 0.3 is 0 Å². The van der Waals surface area contributed by atoms with Crippen molar-refractivity contribution in [3.05, 3.63) is 59.7 Å². The number of benzene rings is 2. The minimum Gasteiger partial charge on any atom is -0.310 e. The highest BCUT2D eigenvalue weighted by Gasteiger charge is 2.22. The van der Waals surface area contributed by atoms with Gasteiger partial charge in [0.15, 0.2) is 0 Å². The molecule has 0 spiro atoms. The Labute approximate surface area is 128 Å². The molecule has 1 N–H and O–H groups in total. The Morgan fingerprint density at radius 2 is 1.76 bits per heavy atom.